The Morgan fingerprint density at radius 3 is 2.36 bits per heavy atom. The SMILES string of the molecule is Cl.NS(=O)(=O)c1cccnc1. The van der Waals surface area contributed by atoms with Gasteiger partial charge in [0.05, 0.1) is 0 Å². The fraction of sp³-hybridized carbons (Fsp3) is 0. The number of pyridine rings is 1. The van der Waals surface area contributed by atoms with Crippen LogP contribution >= 0.6 is 12.4 Å². The van der Waals surface area contributed by atoms with E-state index >= 15 is 0 Å². The second-order valence-electron chi connectivity index (χ2n) is 1.73. The molecule has 0 aliphatic rings. The average Bonchev–Trinajstić information content (AvgIpc) is 1.88. The predicted molar refractivity (Wildman–Crippen MR) is 42.9 cm³/mol. The zero-order valence-electron chi connectivity index (χ0n) is 5.47. The van der Waals surface area contributed by atoms with Gasteiger partial charge in [0.15, 0.2) is 0 Å². The van der Waals surface area contributed by atoms with Crippen LogP contribution in [0.1, 0.15) is 0 Å². The molecule has 62 valence electrons. The van der Waals surface area contributed by atoms with Crippen LogP contribution in [0.5, 0.6) is 0 Å². The van der Waals surface area contributed by atoms with Crippen molar-refractivity contribution in [3.63, 3.8) is 0 Å². The lowest BCUT2D eigenvalue weighted by molar-refractivity contribution is 0.597. The van der Waals surface area contributed by atoms with E-state index in [0.717, 1.165) is 0 Å². The highest BCUT2D eigenvalue weighted by Gasteiger charge is 2.04. The first-order valence-corrected chi connectivity index (χ1v) is 4.08. The minimum atomic E-state index is -3.57. The van der Waals surface area contributed by atoms with Gasteiger partial charge in [-0.1, -0.05) is 0 Å². The molecule has 0 spiro atoms. The molecule has 0 atom stereocenters. The minimum Gasteiger partial charge on any atom is -0.263 e. The van der Waals surface area contributed by atoms with Crippen molar-refractivity contribution < 1.29 is 8.42 Å². The topological polar surface area (TPSA) is 73.1 Å². The molecule has 6 heteroatoms. The number of aromatic nitrogens is 1. The summed E-state index contributed by atoms with van der Waals surface area (Å²) >= 11 is 0. The number of halogens is 1. The molecule has 1 aromatic heterocycles. The molecule has 4 nitrogen and oxygen atoms in total. The summed E-state index contributed by atoms with van der Waals surface area (Å²) in [7, 11) is -3.57. The Bertz CT molecular complexity index is 311. The van der Waals surface area contributed by atoms with Crippen LogP contribution in [0.2, 0.25) is 0 Å². The smallest absolute Gasteiger partial charge is 0.239 e. The molecule has 1 aromatic rings. The summed E-state index contributed by atoms with van der Waals surface area (Å²) < 4.78 is 21.1. The molecule has 0 fully saturated rings. The highest BCUT2D eigenvalue weighted by molar-refractivity contribution is 7.89. The third kappa shape index (κ3) is 2.83. The number of rotatable bonds is 1. The van der Waals surface area contributed by atoms with Gasteiger partial charge in [0.1, 0.15) is 4.90 Å². The van der Waals surface area contributed by atoms with Gasteiger partial charge >= 0.3 is 0 Å². The molecule has 0 saturated heterocycles. The third-order valence-corrected chi connectivity index (χ3v) is 1.86. The maximum absolute atomic E-state index is 10.6. The Morgan fingerprint density at radius 2 is 2.09 bits per heavy atom. The summed E-state index contributed by atoms with van der Waals surface area (Å²) in [5.74, 6) is 0. The number of primary sulfonamides is 1. The van der Waals surface area contributed by atoms with Crippen molar-refractivity contribution in [3.8, 4) is 0 Å². The predicted octanol–water partition coefficient (Wildman–Crippen LogP) is 0.151. The molecule has 0 amide bonds. The molecule has 0 aliphatic carbocycles. The molecule has 0 unspecified atom stereocenters. The quantitative estimate of drug-likeness (QED) is 0.692. The van der Waals surface area contributed by atoms with Crippen molar-refractivity contribution in [1.82, 2.24) is 4.98 Å². The van der Waals surface area contributed by atoms with Gasteiger partial charge in [0, 0.05) is 12.4 Å². The number of sulfonamides is 1. The van der Waals surface area contributed by atoms with Crippen LogP contribution in [-0.4, -0.2) is 13.4 Å². The summed E-state index contributed by atoms with van der Waals surface area (Å²) in [4.78, 5) is 3.63. The third-order valence-electron chi connectivity index (χ3n) is 0.963. The van der Waals surface area contributed by atoms with E-state index in [1.54, 1.807) is 0 Å². The minimum absolute atomic E-state index is 0. The van der Waals surface area contributed by atoms with E-state index in [1.165, 1.54) is 24.5 Å². The Hall–Kier alpha value is -0.650. The molecule has 0 radical (unpaired) electrons. The van der Waals surface area contributed by atoms with Gasteiger partial charge in [0.25, 0.3) is 0 Å². The van der Waals surface area contributed by atoms with E-state index in [4.69, 9.17) is 5.14 Å². The summed E-state index contributed by atoms with van der Waals surface area (Å²) in [5.41, 5.74) is 0. The molecule has 0 saturated carbocycles. The van der Waals surface area contributed by atoms with Crippen molar-refractivity contribution in [2.24, 2.45) is 5.14 Å². The molecule has 1 heterocycles. The van der Waals surface area contributed by atoms with E-state index in [1.807, 2.05) is 0 Å². The van der Waals surface area contributed by atoms with Gasteiger partial charge in [0.2, 0.25) is 10.0 Å². The lowest BCUT2D eigenvalue weighted by Crippen LogP contribution is -2.11. The Labute approximate surface area is 70.9 Å². The van der Waals surface area contributed by atoms with Crippen LogP contribution in [0.4, 0.5) is 0 Å². The first-order valence-electron chi connectivity index (χ1n) is 2.53. The van der Waals surface area contributed by atoms with Gasteiger partial charge in [-0.25, -0.2) is 13.6 Å². The first-order chi connectivity index (χ1) is 4.61. The Kier molecular flexibility index (Phi) is 3.44. The van der Waals surface area contributed by atoms with Gasteiger partial charge in [-0.15, -0.1) is 12.4 Å². The van der Waals surface area contributed by atoms with E-state index in [9.17, 15) is 8.42 Å². The molecule has 0 aromatic carbocycles. The van der Waals surface area contributed by atoms with Crippen LogP contribution in [0.15, 0.2) is 29.4 Å². The molecule has 0 bridgehead atoms. The summed E-state index contributed by atoms with van der Waals surface area (Å²) in [6, 6.07) is 2.90. The van der Waals surface area contributed by atoms with Crippen molar-refractivity contribution >= 4 is 22.4 Å². The van der Waals surface area contributed by atoms with E-state index in [2.05, 4.69) is 4.98 Å². The lowest BCUT2D eigenvalue weighted by atomic mass is 10.5. The average molecular weight is 195 g/mol. The zero-order valence-corrected chi connectivity index (χ0v) is 7.10. The van der Waals surface area contributed by atoms with Crippen LogP contribution in [0.25, 0.3) is 0 Å². The highest BCUT2D eigenvalue weighted by Crippen LogP contribution is 2.00. The van der Waals surface area contributed by atoms with Crippen molar-refractivity contribution in [2.45, 2.75) is 4.90 Å². The fourth-order valence-electron chi connectivity index (χ4n) is 0.515. The van der Waals surface area contributed by atoms with Gasteiger partial charge in [-0.3, -0.25) is 4.98 Å². The first kappa shape index (κ1) is 10.3. The number of nitrogens with two attached hydrogens (primary N) is 1. The highest BCUT2D eigenvalue weighted by atomic mass is 35.5. The number of hydrogen-bond donors (Lipinski definition) is 1. The Balaban J connectivity index is 0.000001000. The lowest BCUT2D eigenvalue weighted by Gasteiger charge is -1.92. The van der Waals surface area contributed by atoms with E-state index in [0.29, 0.717) is 0 Å². The summed E-state index contributed by atoms with van der Waals surface area (Å²) in [6.45, 7) is 0. The normalized spacial score (nSPS) is 10.3. The number of nitrogens with zero attached hydrogens (tertiary/aromatic N) is 1. The number of hydrogen-bond acceptors (Lipinski definition) is 3. The second-order valence-corrected chi connectivity index (χ2v) is 3.30. The van der Waals surface area contributed by atoms with Crippen LogP contribution in [0, 0.1) is 0 Å². The maximum Gasteiger partial charge on any atom is 0.239 e. The van der Waals surface area contributed by atoms with Crippen LogP contribution in [0.3, 0.4) is 0 Å². The van der Waals surface area contributed by atoms with Gasteiger partial charge < -0.3 is 0 Å². The van der Waals surface area contributed by atoms with Crippen LogP contribution in [-0.2, 0) is 10.0 Å². The van der Waals surface area contributed by atoms with Gasteiger partial charge in [-0.05, 0) is 12.1 Å². The van der Waals surface area contributed by atoms with Crippen LogP contribution < -0.4 is 5.14 Å². The standard InChI is InChI=1S/C5H6N2O2S.ClH/c6-10(8,9)5-2-1-3-7-4-5;/h1-4H,(H2,6,8,9);1H. The maximum atomic E-state index is 10.6. The molecular formula is C5H7ClN2O2S. The van der Waals surface area contributed by atoms with Crippen molar-refractivity contribution in [2.75, 3.05) is 0 Å². The summed E-state index contributed by atoms with van der Waals surface area (Å²) in [6.07, 6.45) is 2.68. The molecule has 0 aliphatic heterocycles. The summed E-state index contributed by atoms with van der Waals surface area (Å²) in [5, 5.41) is 4.79. The van der Waals surface area contributed by atoms with Crippen molar-refractivity contribution in [1.29, 1.82) is 0 Å². The van der Waals surface area contributed by atoms with E-state index < -0.39 is 10.0 Å². The largest absolute Gasteiger partial charge is 0.263 e. The monoisotopic (exact) mass is 194 g/mol. The van der Waals surface area contributed by atoms with Gasteiger partial charge in [-0.2, -0.15) is 0 Å². The molecule has 2 N–H and O–H groups in total. The zero-order chi connectivity index (χ0) is 7.61. The second kappa shape index (κ2) is 3.66. The van der Waals surface area contributed by atoms with E-state index in [-0.39, 0.29) is 17.3 Å². The molecule has 1 rings (SSSR count). The fourth-order valence-corrected chi connectivity index (χ4v) is 0.991. The Morgan fingerprint density at radius 1 is 1.45 bits per heavy atom. The molecular weight excluding hydrogens is 188 g/mol. The van der Waals surface area contributed by atoms with Crippen molar-refractivity contribution in [3.05, 3.63) is 24.5 Å². The molecule has 11 heavy (non-hydrogen) atoms.